The van der Waals surface area contributed by atoms with E-state index in [-0.39, 0.29) is 29.4 Å². The quantitative estimate of drug-likeness (QED) is 0.305. The van der Waals surface area contributed by atoms with Crippen molar-refractivity contribution in [2.24, 2.45) is 4.99 Å². The van der Waals surface area contributed by atoms with Gasteiger partial charge in [0.1, 0.15) is 6.54 Å². The van der Waals surface area contributed by atoms with Crippen LogP contribution in [0.25, 0.3) is 0 Å². The van der Waals surface area contributed by atoms with Gasteiger partial charge in [-0.2, -0.15) is 0 Å². The lowest BCUT2D eigenvalue weighted by molar-refractivity contribution is 0.181. The number of nitrogens with zero attached hydrogens (tertiary/aromatic N) is 2. The Morgan fingerprint density at radius 2 is 1.86 bits per heavy atom. The Kier molecular flexibility index (Phi) is 9.95. The summed E-state index contributed by atoms with van der Waals surface area (Å²) in [4.78, 5) is 4.49. The number of aliphatic hydroxyl groups is 1. The molecule has 0 aliphatic carbocycles. The van der Waals surface area contributed by atoms with Crippen molar-refractivity contribution >= 4 is 29.9 Å². The topological polar surface area (TPSA) is 82.7 Å². The lowest BCUT2D eigenvalue weighted by Crippen LogP contribution is -2.39. The van der Waals surface area contributed by atoms with Crippen LogP contribution < -0.4 is 10.6 Å². The van der Waals surface area contributed by atoms with Gasteiger partial charge >= 0.3 is 0 Å². The Morgan fingerprint density at radius 3 is 2.39 bits per heavy atom. The number of halogens is 1. The van der Waals surface area contributed by atoms with Crippen molar-refractivity contribution < 1.29 is 9.63 Å². The molecule has 0 aliphatic heterocycles. The van der Waals surface area contributed by atoms with Crippen LogP contribution in [0.4, 0.5) is 0 Å². The van der Waals surface area contributed by atoms with Crippen LogP contribution in [0.3, 0.4) is 0 Å². The summed E-state index contributed by atoms with van der Waals surface area (Å²) in [6.07, 6.45) is 0.228. The smallest absolute Gasteiger partial charge is 0.191 e. The summed E-state index contributed by atoms with van der Waals surface area (Å²) in [5, 5.41) is 20.8. The minimum atomic E-state index is -0.611. The van der Waals surface area contributed by atoms with Crippen LogP contribution in [-0.2, 0) is 18.4 Å². The van der Waals surface area contributed by atoms with Gasteiger partial charge in [-0.3, -0.25) is 0 Å². The van der Waals surface area contributed by atoms with Crippen molar-refractivity contribution in [1.82, 2.24) is 15.8 Å². The molecule has 1 aromatic carbocycles. The number of hydrogen-bond acceptors (Lipinski definition) is 4. The number of hydrogen-bond donors (Lipinski definition) is 3. The van der Waals surface area contributed by atoms with Gasteiger partial charge in [-0.15, -0.1) is 24.0 Å². The number of aliphatic hydroxyl groups excluding tert-OH is 1. The maximum atomic E-state index is 10.5. The van der Waals surface area contributed by atoms with Crippen molar-refractivity contribution in [3.05, 3.63) is 52.9 Å². The Labute approximate surface area is 185 Å². The van der Waals surface area contributed by atoms with Crippen LogP contribution >= 0.6 is 24.0 Å². The Balaban J connectivity index is 0.00000392. The van der Waals surface area contributed by atoms with Crippen molar-refractivity contribution in [2.45, 2.75) is 59.1 Å². The van der Waals surface area contributed by atoms with E-state index in [1.807, 2.05) is 32.0 Å². The van der Waals surface area contributed by atoms with E-state index in [4.69, 9.17) is 4.52 Å². The second kappa shape index (κ2) is 11.4. The predicted molar refractivity (Wildman–Crippen MR) is 124 cm³/mol. The van der Waals surface area contributed by atoms with Gasteiger partial charge in [0.05, 0.1) is 11.8 Å². The first-order valence-corrected chi connectivity index (χ1v) is 9.58. The van der Waals surface area contributed by atoms with Crippen molar-refractivity contribution in [3.63, 3.8) is 0 Å². The first kappa shape index (κ1) is 24.4. The van der Waals surface area contributed by atoms with Gasteiger partial charge in [0.2, 0.25) is 0 Å². The van der Waals surface area contributed by atoms with Gasteiger partial charge in [-0.05, 0) is 29.9 Å². The molecule has 2 rings (SSSR count). The molecule has 28 heavy (non-hydrogen) atoms. The van der Waals surface area contributed by atoms with Crippen LogP contribution in [0.2, 0.25) is 0 Å². The molecule has 156 valence electrons. The maximum Gasteiger partial charge on any atom is 0.191 e. The van der Waals surface area contributed by atoms with Crippen molar-refractivity contribution in [3.8, 4) is 0 Å². The number of aromatic nitrogens is 1. The SMILES string of the molecule is CCNC(=NCc1cc(CC)no1)NCC(O)c1ccc(C(C)(C)C)cc1.I. The first-order chi connectivity index (χ1) is 12.8. The number of aliphatic imine (C=N–C) groups is 1. The average molecular weight is 500 g/mol. The fraction of sp³-hybridized carbons (Fsp3) is 0.524. The van der Waals surface area contributed by atoms with Crippen LogP contribution in [0.5, 0.6) is 0 Å². The monoisotopic (exact) mass is 500 g/mol. The third-order valence-electron chi connectivity index (χ3n) is 4.33. The van der Waals surface area contributed by atoms with Gasteiger partial charge in [0.25, 0.3) is 0 Å². The lowest BCUT2D eigenvalue weighted by atomic mass is 9.86. The second-order valence-electron chi connectivity index (χ2n) is 7.60. The van der Waals surface area contributed by atoms with Gasteiger partial charge in [-0.25, -0.2) is 4.99 Å². The highest BCUT2D eigenvalue weighted by atomic mass is 127. The molecule has 6 nitrogen and oxygen atoms in total. The van der Waals surface area contributed by atoms with E-state index in [1.54, 1.807) is 0 Å². The molecule has 0 amide bonds. The molecule has 0 spiro atoms. The molecule has 1 aromatic heterocycles. The summed E-state index contributed by atoms with van der Waals surface area (Å²) in [6.45, 7) is 12.1. The number of rotatable bonds is 7. The van der Waals surface area contributed by atoms with Crippen molar-refractivity contribution in [1.29, 1.82) is 0 Å². The maximum absolute atomic E-state index is 10.5. The highest BCUT2D eigenvalue weighted by Crippen LogP contribution is 2.23. The molecule has 0 bridgehead atoms. The molecule has 0 radical (unpaired) electrons. The summed E-state index contributed by atoms with van der Waals surface area (Å²) < 4.78 is 5.26. The van der Waals surface area contributed by atoms with E-state index in [0.717, 1.165) is 30.0 Å². The van der Waals surface area contributed by atoms with Gasteiger partial charge < -0.3 is 20.3 Å². The largest absolute Gasteiger partial charge is 0.387 e. The fourth-order valence-electron chi connectivity index (χ4n) is 2.61. The number of aryl methyl sites for hydroxylation is 1. The molecule has 0 aliphatic rings. The minimum Gasteiger partial charge on any atom is -0.387 e. The van der Waals surface area contributed by atoms with E-state index < -0.39 is 6.10 Å². The van der Waals surface area contributed by atoms with Gasteiger partial charge in [0.15, 0.2) is 11.7 Å². The zero-order valence-corrected chi connectivity index (χ0v) is 19.8. The molecule has 3 N–H and O–H groups in total. The average Bonchev–Trinajstić information content (AvgIpc) is 3.11. The Hall–Kier alpha value is -1.61. The van der Waals surface area contributed by atoms with Crippen LogP contribution in [0.15, 0.2) is 39.8 Å². The standard InChI is InChI=1S/C21H32N4O2.HI/c1-6-17-12-18(27-25-17)13-23-20(22-7-2)24-14-19(26)15-8-10-16(11-9-15)21(3,4)5;/h8-12,19,26H,6-7,13-14H2,1-5H3,(H2,22,23,24);1H. The van der Waals surface area contributed by atoms with E-state index >= 15 is 0 Å². The zero-order chi connectivity index (χ0) is 19.9. The van der Waals surface area contributed by atoms with Gasteiger partial charge in [0, 0.05) is 19.2 Å². The summed E-state index contributed by atoms with van der Waals surface area (Å²) in [6, 6.07) is 10.0. The number of nitrogens with one attached hydrogen (secondary N) is 2. The summed E-state index contributed by atoms with van der Waals surface area (Å²) in [5.74, 6) is 1.36. The molecular weight excluding hydrogens is 467 g/mol. The highest BCUT2D eigenvalue weighted by Gasteiger charge is 2.15. The van der Waals surface area contributed by atoms with E-state index in [1.165, 1.54) is 5.56 Å². The Morgan fingerprint density at radius 1 is 1.18 bits per heavy atom. The third-order valence-corrected chi connectivity index (χ3v) is 4.33. The molecule has 1 unspecified atom stereocenters. The van der Waals surface area contributed by atoms with E-state index in [9.17, 15) is 5.11 Å². The third kappa shape index (κ3) is 7.43. The van der Waals surface area contributed by atoms with E-state index in [0.29, 0.717) is 19.0 Å². The molecule has 0 fully saturated rings. The van der Waals surface area contributed by atoms with Crippen LogP contribution in [-0.4, -0.2) is 29.3 Å². The first-order valence-electron chi connectivity index (χ1n) is 9.58. The summed E-state index contributed by atoms with van der Waals surface area (Å²) in [7, 11) is 0. The Bertz CT molecular complexity index is 736. The fourth-order valence-corrected chi connectivity index (χ4v) is 2.61. The highest BCUT2D eigenvalue weighted by molar-refractivity contribution is 14.0. The molecule has 2 aromatic rings. The van der Waals surface area contributed by atoms with Crippen LogP contribution in [0, 0.1) is 0 Å². The zero-order valence-electron chi connectivity index (χ0n) is 17.5. The molecule has 1 heterocycles. The minimum absolute atomic E-state index is 0. The predicted octanol–water partition coefficient (Wildman–Crippen LogP) is 3.94. The molecular formula is C21H33IN4O2. The number of guanidine groups is 1. The summed E-state index contributed by atoms with van der Waals surface area (Å²) >= 11 is 0. The summed E-state index contributed by atoms with van der Waals surface area (Å²) in [5.41, 5.74) is 3.16. The second-order valence-corrected chi connectivity index (χ2v) is 7.60. The lowest BCUT2D eigenvalue weighted by Gasteiger charge is -2.20. The normalized spacial score (nSPS) is 13.0. The van der Waals surface area contributed by atoms with Crippen LogP contribution in [0.1, 0.15) is 63.3 Å². The van der Waals surface area contributed by atoms with Gasteiger partial charge in [-0.1, -0.05) is 57.1 Å². The molecule has 0 saturated carbocycles. The van der Waals surface area contributed by atoms with E-state index in [2.05, 4.69) is 53.7 Å². The number of benzene rings is 1. The van der Waals surface area contributed by atoms with Crippen molar-refractivity contribution in [2.75, 3.05) is 13.1 Å². The molecule has 7 heteroatoms. The molecule has 0 saturated heterocycles. The molecule has 1 atom stereocenters.